The molecule has 0 spiro atoms. The van der Waals surface area contributed by atoms with Gasteiger partial charge >= 0.3 is 0 Å². The van der Waals surface area contributed by atoms with Crippen LogP contribution in [-0.4, -0.2) is 24.5 Å². The molecule has 3 aromatic heterocycles. The zero-order valence-corrected chi connectivity index (χ0v) is 24.1. The molecule has 0 atom stereocenters. The Morgan fingerprint density at radius 1 is 0.477 bits per heavy atom. The molecule has 8 aromatic rings. The van der Waals surface area contributed by atoms with Gasteiger partial charge in [0.15, 0.2) is 17.5 Å². The number of aromatic nitrogens is 5. The fraction of sp³-hybridized carbons (Fsp3) is 0.0256. The number of nitrogens with zero attached hydrogens (tertiary/aromatic N) is 5. The normalized spacial score (nSPS) is 11.3. The van der Waals surface area contributed by atoms with Gasteiger partial charge in [-0.2, -0.15) is 0 Å². The van der Waals surface area contributed by atoms with E-state index in [9.17, 15) is 0 Å². The maximum Gasteiger partial charge on any atom is 0.166 e. The molecule has 0 saturated carbocycles. The Bertz CT molecular complexity index is 2220. The lowest BCUT2D eigenvalue weighted by atomic mass is 10.0. The Balaban J connectivity index is 1.46. The lowest BCUT2D eigenvalue weighted by Gasteiger charge is -2.16. The second-order valence-electron chi connectivity index (χ2n) is 10.9. The van der Waals surface area contributed by atoms with Gasteiger partial charge in [0.05, 0.1) is 16.7 Å². The van der Waals surface area contributed by atoms with E-state index in [0.717, 1.165) is 44.5 Å². The van der Waals surface area contributed by atoms with Crippen molar-refractivity contribution in [3.8, 4) is 51.0 Å². The van der Waals surface area contributed by atoms with Gasteiger partial charge in [-0.05, 0) is 48.4 Å². The molecule has 44 heavy (non-hydrogen) atoms. The predicted molar refractivity (Wildman–Crippen MR) is 178 cm³/mol. The average Bonchev–Trinajstić information content (AvgIpc) is 3.42. The van der Waals surface area contributed by atoms with Crippen LogP contribution in [0.5, 0.6) is 0 Å². The van der Waals surface area contributed by atoms with E-state index in [0.29, 0.717) is 17.5 Å². The molecule has 5 nitrogen and oxygen atoms in total. The largest absolute Gasteiger partial charge is 0.308 e. The van der Waals surface area contributed by atoms with E-state index in [1.807, 2.05) is 72.9 Å². The first-order valence-corrected chi connectivity index (χ1v) is 14.6. The van der Waals surface area contributed by atoms with Crippen LogP contribution in [-0.2, 0) is 0 Å². The van der Waals surface area contributed by atoms with Crippen LogP contribution in [0.25, 0.3) is 72.8 Å². The lowest BCUT2D eigenvalue weighted by molar-refractivity contribution is 1.06. The SMILES string of the molecule is Cc1ccc2c3ccccc3n(-c3cc(-c4cccnc4)ccc3-c3nc(-c4ccccc4)nc(-c4ccccc4)n3)c2c1. The van der Waals surface area contributed by atoms with Crippen molar-refractivity contribution in [2.24, 2.45) is 0 Å². The van der Waals surface area contributed by atoms with Gasteiger partial charge in [0.2, 0.25) is 0 Å². The van der Waals surface area contributed by atoms with Gasteiger partial charge < -0.3 is 4.57 Å². The van der Waals surface area contributed by atoms with Crippen LogP contribution in [0.2, 0.25) is 0 Å². The summed E-state index contributed by atoms with van der Waals surface area (Å²) in [6, 6.07) is 46.0. The van der Waals surface area contributed by atoms with Crippen LogP contribution in [0.1, 0.15) is 5.56 Å². The van der Waals surface area contributed by atoms with Gasteiger partial charge in [-0.1, -0.05) is 103 Å². The molecular formula is C39H27N5. The third kappa shape index (κ3) is 4.52. The first kappa shape index (κ1) is 25.7. The number of rotatable bonds is 5. The van der Waals surface area contributed by atoms with Crippen LogP contribution in [0.15, 0.2) is 146 Å². The molecule has 0 aliphatic heterocycles. The smallest absolute Gasteiger partial charge is 0.166 e. The Morgan fingerprint density at radius 3 is 1.82 bits per heavy atom. The van der Waals surface area contributed by atoms with Gasteiger partial charge in [0.25, 0.3) is 0 Å². The van der Waals surface area contributed by atoms with Gasteiger partial charge in [-0.25, -0.2) is 15.0 Å². The van der Waals surface area contributed by atoms with Crippen molar-refractivity contribution >= 4 is 21.8 Å². The molecule has 0 fully saturated rings. The van der Waals surface area contributed by atoms with Gasteiger partial charge in [-0.15, -0.1) is 0 Å². The van der Waals surface area contributed by atoms with Crippen molar-refractivity contribution in [3.63, 3.8) is 0 Å². The van der Waals surface area contributed by atoms with Crippen LogP contribution in [0.4, 0.5) is 0 Å². The molecule has 8 rings (SSSR count). The minimum Gasteiger partial charge on any atom is -0.308 e. The molecule has 0 radical (unpaired) electrons. The zero-order valence-electron chi connectivity index (χ0n) is 24.1. The number of fused-ring (bicyclic) bond motifs is 3. The van der Waals surface area contributed by atoms with Gasteiger partial charge in [0.1, 0.15) is 0 Å². The third-order valence-corrected chi connectivity index (χ3v) is 8.00. The highest BCUT2D eigenvalue weighted by molar-refractivity contribution is 6.10. The van der Waals surface area contributed by atoms with Crippen molar-refractivity contribution in [3.05, 3.63) is 151 Å². The molecule has 0 bridgehead atoms. The minimum atomic E-state index is 0.615. The highest BCUT2D eigenvalue weighted by Gasteiger charge is 2.20. The summed E-state index contributed by atoms with van der Waals surface area (Å²) in [7, 11) is 0. The summed E-state index contributed by atoms with van der Waals surface area (Å²) in [6.07, 6.45) is 3.70. The first-order chi connectivity index (χ1) is 21.7. The van der Waals surface area contributed by atoms with Crippen LogP contribution in [0, 0.1) is 6.92 Å². The molecule has 0 aliphatic rings. The van der Waals surface area contributed by atoms with E-state index in [4.69, 9.17) is 15.0 Å². The summed E-state index contributed by atoms with van der Waals surface area (Å²) in [6.45, 7) is 2.14. The summed E-state index contributed by atoms with van der Waals surface area (Å²) in [5, 5.41) is 2.40. The molecule has 0 saturated heterocycles. The molecule has 0 unspecified atom stereocenters. The number of aryl methyl sites for hydroxylation is 1. The third-order valence-electron chi connectivity index (χ3n) is 8.00. The molecule has 3 heterocycles. The number of hydrogen-bond donors (Lipinski definition) is 0. The van der Waals surface area contributed by atoms with E-state index >= 15 is 0 Å². The van der Waals surface area contributed by atoms with Crippen molar-refractivity contribution in [1.29, 1.82) is 0 Å². The van der Waals surface area contributed by atoms with Crippen molar-refractivity contribution in [2.75, 3.05) is 0 Å². The Kier molecular flexibility index (Phi) is 6.27. The topological polar surface area (TPSA) is 56.5 Å². The maximum atomic E-state index is 5.10. The average molecular weight is 566 g/mol. The number of hydrogen-bond acceptors (Lipinski definition) is 4. The molecular weight excluding hydrogens is 538 g/mol. The molecule has 0 amide bonds. The standard InChI is InChI=1S/C39H27N5/c1-26-18-20-32-31-16-8-9-17-34(31)44(35(32)23-26)36-24-29(30-15-10-22-40-25-30)19-21-33(36)39-42-37(27-11-4-2-5-12-27)41-38(43-39)28-13-6-3-7-14-28/h2-25H,1H3. The monoisotopic (exact) mass is 565 g/mol. The highest BCUT2D eigenvalue weighted by atomic mass is 15.1. The molecule has 5 aromatic carbocycles. The van der Waals surface area contributed by atoms with E-state index in [1.165, 1.54) is 16.3 Å². The highest BCUT2D eigenvalue weighted by Crippen LogP contribution is 2.38. The maximum absolute atomic E-state index is 5.10. The summed E-state index contributed by atoms with van der Waals surface area (Å²) in [5.74, 6) is 1.88. The van der Waals surface area contributed by atoms with E-state index in [2.05, 4.69) is 83.2 Å². The fourth-order valence-electron chi connectivity index (χ4n) is 5.89. The summed E-state index contributed by atoms with van der Waals surface area (Å²) in [5.41, 5.74) is 9.35. The molecule has 0 aliphatic carbocycles. The molecule has 208 valence electrons. The van der Waals surface area contributed by atoms with E-state index in [-0.39, 0.29) is 0 Å². The quantitative estimate of drug-likeness (QED) is 0.209. The summed E-state index contributed by atoms with van der Waals surface area (Å²) in [4.78, 5) is 19.5. The molecule has 5 heteroatoms. The van der Waals surface area contributed by atoms with Gasteiger partial charge in [-0.3, -0.25) is 4.98 Å². The number of benzene rings is 5. The van der Waals surface area contributed by atoms with E-state index < -0.39 is 0 Å². The predicted octanol–water partition coefficient (Wildman–Crippen LogP) is 9.34. The number of pyridine rings is 1. The Labute approximate surface area is 255 Å². The first-order valence-electron chi connectivity index (χ1n) is 14.6. The summed E-state index contributed by atoms with van der Waals surface area (Å²) >= 11 is 0. The van der Waals surface area contributed by atoms with E-state index in [1.54, 1.807) is 6.20 Å². The van der Waals surface area contributed by atoms with Crippen LogP contribution < -0.4 is 0 Å². The second kappa shape index (κ2) is 10.7. The summed E-state index contributed by atoms with van der Waals surface area (Å²) < 4.78 is 2.35. The van der Waals surface area contributed by atoms with Gasteiger partial charge in [0, 0.05) is 45.4 Å². The van der Waals surface area contributed by atoms with Crippen LogP contribution >= 0.6 is 0 Å². The Morgan fingerprint density at radius 2 is 1.11 bits per heavy atom. The van der Waals surface area contributed by atoms with Crippen molar-refractivity contribution in [1.82, 2.24) is 24.5 Å². The number of para-hydroxylation sites is 1. The van der Waals surface area contributed by atoms with Crippen molar-refractivity contribution in [2.45, 2.75) is 6.92 Å². The Hall–Kier alpha value is -5.94. The lowest BCUT2D eigenvalue weighted by Crippen LogP contribution is -2.04. The minimum absolute atomic E-state index is 0.615. The zero-order chi connectivity index (χ0) is 29.5. The molecule has 0 N–H and O–H groups in total. The van der Waals surface area contributed by atoms with Crippen molar-refractivity contribution < 1.29 is 0 Å². The fourth-order valence-corrected chi connectivity index (χ4v) is 5.89. The van der Waals surface area contributed by atoms with Crippen LogP contribution in [0.3, 0.4) is 0 Å². The second-order valence-corrected chi connectivity index (χ2v) is 10.9.